The van der Waals surface area contributed by atoms with Gasteiger partial charge in [-0.3, -0.25) is 9.69 Å². The van der Waals surface area contributed by atoms with E-state index < -0.39 is 0 Å². The molecule has 0 radical (unpaired) electrons. The van der Waals surface area contributed by atoms with E-state index in [1.165, 1.54) is 51.4 Å². The average Bonchev–Trinajstić information content (AvgIpc) is 3.05. The first-order chi connectivity index (χ1) is 15.0. The van der Waals surface area contributed by atoms with Gasteiger partial charge in [0.1, 0.15) is 5.78 Å². The number of hydrogen-bond donors (Lipinski definition) is 1. The topological polar surface area (TPSA) is 55.6 Å². The molecule has 0 unspecified atom stereocenters. The summed E-state index contributed by atoms with van der Waals surface area (Å²) in [7, 11) is 0. The van der Waals surface area contributed by atoms with Crippen LogP contribution in [-0.2, 0) is 9.53 Å². The first kappa shape index (κ1) is 23.3. The predicted molar refractivity (Wildman–Crippen MR) is 129 cm³/mol. The Balaban J connectivity index is 1.31. The fourth-order valence-corrected chi connectivity index (χ4v) is 9.98. The highest BCUT2D eigenvalue weighted by atomic mass is 16.5. The number of rotatable bonds is 3. The molecule has 182 valence electrons. The fraction of sp³-hybridized carbons (Fsp3) is 0.964. The van der Waals surface area contributed by atoms with E-state index >= 15 is 0 Å². The molecule has 5 fully saturated rings. The van der Waals surface area contributed by atoms with Gasteiger partial charge in [0.2, 0.25) is 0 Å². The van der Waals surface area contributed by atoms with Gasteiger partial charge in [0.25, 0.3) is 0 Å². The predicted octanol–water partition coefficient (Wildman–Crippen LogP) is 5.04. The minimum atomic E-state index is 0.0530. The zero-order chi connectivity index (χ0) is 22.9. The number of Topliss-reactive ketones (excluding diaryl/α,β-unsaturated/α-hetero) is 1. The standard InChI is InChI=1S/C28H48N2O2/c1-18-15-30(16-19(2)32-18)17-24(31)23-6-7-25-27(4)12-8-20-14-26(3,29)11-9-21(20)22(27)10-13-28(23,25)5/h18-23,25H,6-17,29H2,1-5H3/t18-,19-,20+,21-,22+,23+,25-,26+,27+,28+/m0/s1. The molecule has 32 heavy (non-hydrogen) atoms. The number of nitrogens with zero attached hydrogens (tertiary/aromatic N) is 1. The van der Waals surface area contributed by atoms with Crippen molar-refractivity contribution in [3.05, 3.63) is 0 Å². The van der Waals surface area contributed by atoms with Crippen molar-refractivity contribution in [2.75, 3.05) is 19.6 Å². The Bertz CT molecular complexity index is 727. The molecule has 0 aromatic rings. The van der Waals surface area contributed by atoms with Crippen LogP contribution in [0.2, 0.25) is 0 Å². The number of ether oxygens (including phenoxy) is 1. The van der Waals surface area contributed by atoms with Crippen LogP contribution in [0.5, 0.6) is 0 Å². The second kappa shape index (κ2) is 8.05. The van der Waals surface area contributed by atoms with Crippen molar-refractivity contribution in [2.45, 2.75) is 110 Å². The van der Waals surface area contributed by atoms with E-state index in [1.807, 2.05) is 0 Å². The minimum absolute atomic E-state index is 0.0530. The molecule has 0 amide bonds. The Morgan fingerprint density at radius 1 is 0.938 bits per heavy atom. The molecule has 4 saturated carbocycles. The molecule has 0 spiro atoms. The molecule has 1 saturated heterocycles. The number of carbonyl (C=O) groups is 1. The van der Waals surface area contributed by atoms with Gasteiger partial charge in [0, 0.05) is 24.5 Å². The van der Waals surface area contributed by atoms with E-state index in [9.17, 15) is 4.79 Å². The first-order valence-corrected chi connectivity index (χ1v) is 13.7. The third-order valence-corrected chi connectivity index (χ3v) is 11.2. The van der Waals surface area contributed by atoms with Crippen LogP contribution >= 0.6 is 0 Å². The van der Waals surface area contributed by atoms with Gasteiger partial charge in [-0.15, -0.1) is 0 Å². The molecule has 2 N–H and O–H groups in total. The molecule has 0 bridgehead atoms. The van der Waals surface area contributed by atoms with E-state index in [4.69, 9.17) is 10.5 Å². The molecule has 0 aromatic carbocycles. The van der Waals surface area contributed by atoms with Crippen molar-refractivity contribution in [2.24, 2.45) is 46.2 Å². The van der Waals surface area contributed by atoms with Crippen LogP contribution in [0, 0.1) is 40.4 Å². The van der Waals surface area contributed by atoms with E-state index in [0.717, 1.165) is 43.2 Å². The summed E-state index contributed by atoms with van der Waals surface area (Å²) in [6.07, 6.45) is 11.9. The van der Waals surface area contributed by atoms with E-state index in [1.54, 1.807) is 0 Å². The zero-order valence-electron chi connectivity index (χ0n) is 21.4. The quantitative estimate of drug-likeness (QED) is 0.662. The van der Waals surface area contributed by atoms with Gasteiger partial charge in [-0.1, -0.05) is 13.8 Å². The molecule has 1 aliphatic heterocycles. The van der Waals surface area contributed by atoms with Crippen molar-refractivity contribution >= 4 is 5.78 Å². The molecule has 4 aliphatic carbocycles. The molecule has 0 aromatic heterocycles. The number of carbonyl (C=O) groups excluding carboxylic acids is 1. The largest absolute Gasteiger partial charge is 0.373 e. The van der Waals surface area contributed by atoms with Crippen molar-refractivity contribution in [1.82, 2.24) is 4.90 Å². The van der Waals surface area contributed by atoms with Crippen LogP contribution < -0.4 is 5.73 Å². The van der Waals surface area contributed by atoms with Crippen LogP contribution in [0.25, 0.3) is 0 Å². The van der Waals surface area contributed by atoms with Crippen molar-refractivity contribution < 1.29 is 9.53 Å². The van der Waals surface area contributed by atoms with Gasteiger partial charge < -0.3 is 10.5 Å². The molecule has 1 heterocycles. The van der Waals surface area contributed by atoms with Crippen LogP contribution in [-0.4, -0.2) is 48.1 Å². The second-order valence-corrected chi connectivity index (χ2v) is 13.6. The number of ketones is 1. The third-order valence-electron chi connectivity index (χ3n) is 11.2. The molecular weight excluding hydrogens is 396 g/mol. The lowest BCUT2D eigenvalue weighted by Gasteiger charge is -2.62. The second-order valence-electron chi connectivity index (χ2n) is 13.6. The lowest BCUT2D eigenvalue weighted by Crippen LogP contribution is -2.57. The molecule has 4 nitrogen and oxygen atoms in total. The van der Waals surface area contributed by atoms with E-state index in [2.05, 4.69) is 39.5 Å². The van der Waals surface area contributed by atoms with Crippen molar-refractivity contribution in [3.8, 4) is 0 Å². The average molecular weight is 445 g/mol. The van der Waals surface area contributed by atoms with E-state index in [-0.39, 0.29) is 29.1 Å². The Kier molecular flexibility index (Phi) is 5.86. The van der Waals surface area contributed by atoms with Gasteiger partial charge in [0.15, 0.2) is 0 Å². The Labute approximate surface area is 196 Å². The minimum Gasteiger partial charge on any atom is -0.373 e. The number of fused-ring (bicyclic) bond motifs is 5. The fourth-order valence-electron chi connectivity index (χ4n) is 9.98. The first-order valence-electron chi connectivity index (χ1n) is 13.7. The molecule has 10 atom stereocenters. The maximum Gasteiger partial charge on any atom is 0.150 e. The van der Waals surface area contributed by atoms with Crippen molar-refractivity contribution in [3.63, 3.8) is 0 Å². The molecule has 5 aliphatic rings. The Hall–Kier alpha value is -0.450. The molecule has 5 rings (SSSR count). The summed E-state index contributed by atoms with van der Waals surface area (Å²) < 4.78 is 5.90. The highest BCUT2D eigenvalue weighted by molar-refractivity contribution is 5.84. The maximum absolute atomic E-state index is 13.7. The number of hydrogen-bond acceptors (Lipinski definition) is 4. The summed E-state index contributed by atoms with van der Waals surface area (Å²) in [6, 6.07) is 0. The SMILES string of the molecule is C[C@H]1CN(CC(=O)[C@H]2CC[C@@H]3[C@]2(C)CC[C@@H]2[C@H]4CC[C@@](C)(N)C[C@H]4CC[C@@]32C)C[C@H](C)O1. The normalized spacial score (nSPS) is 53.9. The summed E-state index contributed by atoms with van der Waals surface area (Å²) in [5, 5.41) is 0. The lowest BCUT2D eigenvalue weighted by atomic mass is 9.43. The maximum atomic E-state index is 13.7. The molecule has 4 heteroatoms. The van der Waals surface area contributed by atoms with Gasteiger partial charge >= 0.3 is 0 Å². The number of nitrogens with two attached hydrogens (primary N) is 1. The van der Waals surface area contributed by atoms with Crippen LogP contribution in [0.15, 0.2) is 0 Å². The van der Waals surface area contributed by atoms with Crippen LogP contribution in [0.3, 0.4) is 0 Å². The summed E-state index contributed by atoms with van der Waals surface area (Å²) in [4.78, 5) is 16.0. The smallest absolute Gasteiger partial charge is 0.150 e. The van der Waals surface area contributed by atoms with Crippen LogP contribution in [0.1, 0.15) is 92.4 Å². The summed E-state index contributed by atoms with van der Waals surface area (Å²) in [5.41, 5.74) is 7.27. The highest BCUT2D eigenvalue weighted by Crippen LogP contribution is 2.69. The lowest BCUT2D eigenvalue weighted by molar-refractivity contribution is -0.145. The van der Waals surface area contributed by atoms with Crippen molar-refractivity contribution in [1.29, 1.82) is 0 Å². The summed E-state index contributed by atoms with van der Waals surface area (Å²) in [5.74, 6) is 4.06. The Morgan fingerprint density at radius 2 is 1.62 bits per heavy atom. The Morgan fingerprint density at radius 3 is 2.34 bits per heavy atom. The zero-order valence-corrected chi connectivity index (χ0v) is 21.4. The van der Waals surface area contributed by atoms with Crippen LogP contribution in [0.4, 0.5) is 0 Å². The monoisotopic (exact) mass is 444 g/mol. The molecular formula is C28H48N2O2. The summed E-state index contributed by atoms with van der Waals surface area (Å²) in [6.45, 7) is 14.1. The summed E-state index contributed by atoms with van der Waals surface area (Å²) >= 11 is 0. The highest BCUT2D eigenvalue weighted by Gasteiger charge is 2.63. The van der Waals surface area contributed by atoms with Gasteiger partial charge in [0.05, 0.1) is 18.8 Å². The van der Waals surface area contributed by atoms with E-state index in [0.29, 0.717) is 17.7 Å². The van der Waals surface area contributed by atoms with Gasteiger partial charge in [-0.25, -0.2) is 0 Å². The number of morpholine rings is 1. The van der Waals surface area contributed by atoms with Gasteiger partial charge in [-0.05, 0) is 113 Å². The van der Waals surface area contributed by atoms with Gasteiger partial charge in [-0.2, -0.15) is 0 Å². The third kappa shape index (κ3) is 3.81.